The number of likely N-dealkylation sites (tertiary alicyclic amines) is 1. The first kappa shape index (κ1) is 21.3. The molecule has 29 heavy (non-hydrogen) atoms. The predicted octanol–water partition coefficient (Wildman–Crippen LogP) is 2.54. The maximum atomic E-state index is 12.9. The Hall–Kier alpha value is -2.38. The quantitative estimate of drug-likeness (QED) is 0.693. The van der Waals surface area contributed by atoms with Crippen molar-refractivity contribution in [3.8, 4) is 0 Å². The van der Waals surface area contributed by atoms with Gasteiger partial charge < -0.3 is 14.5 Å². The van der Waals surface area contributed by atoms with Gasteiger partial charge in [0, 0.05) is 45.0 Å². The van der Waals surface area contributed by atoms with Crippen LogP contribution < -0.4 is 0 Å². The van der Waals surface area contributed by atoms with E-state index < -0.39 is 0 Å². The molecule has 8 heteroatoms. The molecule has 0 spiro atoms. The summed E-state index contributed by atoms with van der Waals surface area (Å²) in [6, 6.07) is 7.57. The maximum absolute atomic E-state index is 12.9. The number of carbonyl (C=O) groups is 2. The van der Waals surface area contributed by atoms with Gasteiger partial charge in [-0.2, -0.15) is 5.10 Å². The Balaban J connectivity index is 1.62. The molecule has 1 atom stereocenters. The zero-order valence-electron chi connectivity index (χ0n) is 16.9. The minimum atomic E-state index is -0.173. The lowest BCUT2D eigenvalue weighted by molar-refractivity contribution is -0.136. The van der Waals surface area contributed by atoms with Gasteiger partial charge in [0.05, 0.1) is 30.8 Å². The van der Waals surface area contributed by atoms with Crippen LogP contribution in [0.3, 0.4) is 0 Å². The zero-order valence-corrected chi connectivity index (χ0v) is 17.6. The number of carbonyl (C=O) groups excluding carboxylic acids is 2. The molecule has 2 heterocycles. The highest BCUT2D eigenvalue weighted by Crippen LogP contribution is 2.21. The van der Waals surface area contributed by atoms with Crippen LogP contribution in [0.1, 0.15) is 28.8 Å². The van der Waals surface area contributed by atoms with Crippen LogP contribution in [0.4, 0.5) is 0 Å². The smallest absolute Gasteiger partial charge is 0.257 e. The second-order valence-corrected chi connectivity index (χ2v) is 7.77. The molecule has 1 aromatic carbocycles. The third kappa shape index (κ3) is 5.36. The summed E-state index contributed by atoms with van der Waals surface area (Å²) < 4.78 is 6.75. The number of amides is 2. The SMILES string of the molecule is COCCN(C)C(=O)C1CCCN(C(=O)c2cnn(Cc3ccccc3Cl)c2)C1. The third-order valence-electron chi connectivity index (χ3n) is 5.24. The average molecular weight is 419 g/mol. The fraction of sp³-hybridized carbons (Fsp3) is 0.476. The molecule has 156 valence electrons. The summed E-state index contributed by atoms with van der Waals surface area (Å²) in [5.41, 5.74) is 1.47. The molecule has 0 saturated carbocycles. The Kier molecular flexibility index (Phi) is 7.28. The van der Waals surface area contributed by atoms with Gasteiger partial charge in [0.25, 0.3) is 5.91 Å². The molecule has 1 fully saturated rings. The number of ether oxygens (including phenoxy) is 1. The molecule has 1 unspecified atom stereocenters. The topological polar surface area (TPSA) is 67.7 Å². The number of aromatic nitrogens is 2. The van der Waals surface area contributed by atoms with Crippen molar-refractivity contribution >= 4 is 23.4 Å². The summed E-state index contributed by atoms with van der Waals surface area (Å²) in [6.45, 7) is 2.64. The predicted molar refractivity (Wildman–Crippen MR) is 111 cm³/mol. The number of piperidine rings is 1. The zero-order chi connectivity index (χ0) is 20.8. The minimum absolute atomic E-state index is 0.0639. The fourth-order valence-corrected chi connectivity index (χ4v) is 3.75. The van der Waals surface area contributed by atoms with Crippen molar-refractivity contribution in [3.63, 3.8) is 0 Å². The molecular weight excluding hydrogens is 392 g/mol. The van der Waals surface area contributed by atoms with E-state index >= 15 is 0 Å². The number of hydrogen-bond acceptors (Lipinski definition) is 4. The van der Waals surface area contributed by atoms with Gasteiger partial charge in [0.15, 0.2) is 0 Å². The summed E-state index contributed by atoms with van der Waals surface area (Å²) in [4.78, 5) is 29.0. The van der Waals surface area contributed by atoms with E-state index in [1.165, 1.54) is 0 Å². The Labute approximate surface area is 176 Å². The van der Waals surface area contributed by atoms with E-state index in [0.29, 0.717) is 43.4 Å². The highest BCUT2D eigenvalue weighted by atomic mass is 35.5. The van der Waals surface area contributed by atoms with E-state index in [9.17, 15) is 9.59 Å². The van der Waals surface area contributed by atoms with Crippen LogP contribution in [-0.4, -0.2) is 71.8 Å². The van der Waals surface area contributed by atoms with Crippen molar-refractivity contribution in [2.75, 3.05) is 40.4 Å². The molecule has 2 amide bonds. The monoisotopic (exact) mass is 418 g/mol. The lowest BCUT2D eigenvalue weighted by atomic mass is 9.96. The van der Waals surface area contributed by atoms with Gasteiger partial charge in [-0.1, -0.05) is 29.8 Å². The molecule has 0 aliphatic carbocycles. The van der Waals surface area contributed by atoms with Crippen LogP contribution in [0.2, 0.25) is 5.02 Å². The average Bonchev–Trinajstić information content (AvgIpc) is 3.21. The normalized spacial score (nSPS) is 16.7. The van der Waals surface area contributed by atoms with E-state index in [0.717, 1.165) is 18.4 Å². The Bertz CT molecular complexity index is 854. The fourth-order valence-electron chi connectivity index (χ4n) is 3.56. The lowest BCUT2D eigenvalue weighted by Gasteiger charge is -2.33. The number of hydrogen-bond donors (Lipinski definition) is 0. The Morgan fingerprint density at radius 1 is 1.34 bits per heavy atom. The largest absolute Gasteiger partial charge is 0.383 e. The number of methoxy groups -OCH3 is 1. The third-order valence-corrected chi connectivity index (χ3v) is 5.60. The molecule has 0 bridgehead atoms. The first-order chi connectivity index (χ1) is 14.0. The summed E-state index contributed by atoms with van der Waals surface area (Å²) in [5, 5.41) is 4.98. The molecule has 1 aromatic heterocycles. The van der Waals surface area contributed by atoms with Crippen LogP contribution in [0.25, 0.3) is 0 Å². The lowest BCUT2D eigenvalue weighted by Crippen LogP contribution is -2.46. The van der Waals surface area contributed by atoms with Gasteiger partial charge in [0.1, 0.15) is 0 Å². The Morgan fingerprint density at radius 3 is 2.90 bits per heavy atom. The molecule has 0 radical (unpaired) electrons. The molecule has 1 aliphatic rings. The first-order valence-electron chi connectivity index (χ1n) is 9.78. The van der Waals surface area contributed by atoms with Crippen LogP contribution in [0.5, 0.6) is 0 Å². The second kappa shape index (κ2) is 9.89. The van der Waals surface area contributed by atoms with Crippen LogP contribution >= 0.6 is 11.6 Å². The molecule has 3 rings (SSSR count). The van der Waals surface area contributed by atoms with E-state index in [1.807, 2.05) is 24.3 Å². The van der Waals surface area contributed by atoms with Crippen molar-refractivity contribution in [2.45, 2.75) is 19.4 Å². The highest BCUT2D eigenvalue weighted by molar-refractivity contribution is 6.31. The Morgan fingerprint density at radius 2 is 2.14 bits per heavy atom. The van der Waals surface area contributed by atoms with Gasteiger partial charge in [-0.3, -0.25) is 14.3 Å². The van der Waals surface area contributed by atoms with E-state index in [1.54, 1.807) is 41.0 Å². The van der Waals surface area contributed by atoms with E-state index in [2.05, 4.69) is 5.10 Å². The summed E-state index contributed by atoms with van der Waals surface area (Å²) in [6.07, 6.45) is 4.93. The minimum Gasteiger partial charge on any atom is -0.383 e. The molecule has 1 saturated heterocycles. The van der Waals surface area contributed by atoms with E-state index in [-0.39, 0.29) is 17.7 Å². The van der Waals surface area contributed by atoms with Crippen LogP contribution in [-0.2, 0) is 16.1 Å². The summed E-state index contributed by atoms with van der Waals surface area (Å²) >= 11 is 6.21. The van der Waals surface area contributed by atoms with Gasteiger partial charge in [-0.15, -0.1) is 0 Å². The number of benzene rings is 1. The summed E-state index contributed by atoms with van der Waals surface area (Å²) in [5.74, 6) is -0.200. The van der Waals surface area contributed by atoms with Crippen molar-refractivity contribution in [2.24, 2.45) is 5.92 Å². The number of likely N-dealkylation sites (N-methyl/N-ethyl adjacent to an activating group) is 1. The molecule has 7 nitrogen and oxygen atoms in total. The molecule has 2 aromatic rings. The van der Waals surface area contributed by atoms with Crippen molar-refractivity contribution in [1.29, 1.82) is 0 Å². The van der Waals surface area contributed by atoms with Crippen molar-refractivity contribution < 1.29 is 14.3 Å². The van der Waals surface area contributed by atoms with Gasteiger partial charge in [-0.25, -0.2) is 0 Å². The van der Waals surface area contributed by atoms with Gasteiger partial charge >= 0.3 is 0 Å². The van der Waals surface area contributed by atoms with E-state index in [4.69, 9.17) is 16.3 Å². The van der Waals surface area contributed by atoms with Crippen molar-refractivity contribution in [3.05, 3.63) is 52.8 Å². The number of halogens is 1. The maximum Gasteiger partial charge on any atom is 0.257 e. The first-order valence-corrected chi connectivity index (χ1v) is 10.2. The molecule has 1 aliphatic heterocycles. The number of rotatable bonds is 7. The van der Waals surface area contributed by atoms with Crippen LogP contribution in [0.15, 0.2) is 36.7 Å². The standard InChI is InChI=1S/C21H27ClN4O3/c1-24(10-11-29-2)20(27)17-7-5-9-25(13-17)21(28)18-12-23-26(15-18)14-16-6-3-4-8-19(16)22/h3-4,6,8,12,15,17H,5,7,9-11,13-14H2,1-2H3. The van der Waals surface area contributed by atoms with Gasteiger partial charge in [0.2, 0.25) is 5.91 Å². The second-order valence-electron chi connectivity index (χ2n) is 7.36. The number of nitrogens with zero attached hydrogens (tertiary/aromatic N) is 4. The van der Waals surface area contributed by atoms with Crippen LogP contribution in [0, 0.1) is 5.92 Å². The highest BCUT2D eigenvalue weighted by Gasteiger charge is 2.30. The molecule has 0 N–H and O–H groups in total. The van der Waals surface area contributed by atoms with Gasteiger partial charge in [-0.05, 0) is 24.5 Å². The molecular formula is C21H27ClN4O3. The van der Waals surface area contributed by atoms with Crippen molar-refractivity contribution in [1.82, 2.24) is 19.6 Å². The summed E-state index contributed by atoms with van der Waals surface area (Å²) in [7, 11) is 3.39.